The molecule has 6 heteroatoms. The van der Waals surface area contributed by atoms with E-state index < -0.39 is 11.6 Å². The van der Waals surface area contributed by atoms with Crippen LogP contribution in [0.3, 0.4) is 0 Å². The van der Waals surface area contributed by atoms with E-state index in [0.717, 1.165) is 0 Å². The molecule has 1 fully saturated rings. The van der Waals surface area contributed by atoms with Crippen molar-refractivity contribution in [3.05, 3.63) is 0 Å². The standard InChI is InChI=1S/C11H18INO4/c1-11(2,3)17-10(16)13-5-4-7(9(14)15)6-8(13)12/h7-8H,4-6H2,1-3H3,(H,14,15). The van der Waals surface area contributed by atoms with Gasteiger partial charge in [-0.05, 0) is 33.6 Å². The maximum atomic E-state index is 11.9. The highest BCUT2D eigenvalue weighted by atomic mass is 127. The van der Waals surface area contributed by atoms with Crippen LogP contribution in [-0.2, 0) is 9.53 Å². The quantitative estimate of drug-likeness (QED) is 0.446. The highest BCUT2D eigenvalue weighted by Gasteiger charge is 2.35. The molecule has 0 aliphatic carbocycles. The van der Waals surface area contributed by atoms with Crippen LogP contribution in [0.1, 0.15) is 33.6 Å². The van der Waals surface area contributed by atoms with Crippen molar-refractivity contribution in [3.63, 3.8) is 0 Å². The van der Waals surface area contributed by atoms with E-state index in [2.05, 4.69) is 22.6 Å². The number of carboxylic acids is 1. The van der Waals surface area contributed by atoms with Crippen LogP contribution >= 0.6 is 22.6 Å². The number of carbonyl (C=O) groups excluding carboxylic acids is 1. The fraction of sp³-hybridized carbons (Fsp3) is 0.818. The second-order valence-corrected chi connectivity index (χ2v) is 6.61. The van der Waals surface area contributed by atoms with Crippen molar-refractivity contribution in [2.24, 2.45) is 5.92 Å². The summed E-state index contributed by atoms with van der Waals surface area (Å²) in [5.74, 6) is -1.13. The van der Waals surface area contributed by atoms with E-state index in [4.69, 9.17) is 9.84 Å². The number of piperidine rings is 1. The molecule has 1 N–H and O–H groups in total. The number of ether oxygens (including phenoxy) is 1. The van der Waals surface area contributed by atoms with Gasteiger partial charge in [0.05, 0.1) is 9.97 Å². The zero-order chi connectivity index (χ0) is 13.2. The normalized spacial score (nSPS) is 25.5. The van der Waals surface area contributed by atoms with Gasteiger partial charge in [-0.1, -0.05) is 22.6 Å². The summed E-state index contributed by atoms with van der Waals surface area (Å²) in [4.78, 5) is 24.3. The Hall–Kier alpha value is -0.530. The monoisotopic (exact) mass is 355 g/mol. The minimum absolute atomic E-state index is 0.114. The lowest BCUT2D eigenvalue weighted by Gasteiger charge is -2.36. The molecule has 5 nitrogen and oxygen atoms in total. The summed E-state index contributed by atoms with van der Waals surface area (Å²) in [6, 6.07) is 0. The van der Waals surface area contributed by atoms with Crippen molar-refractivity contribution in [2.45, 2.75) is 43.3 Å². The molecule has 17 heavy (non-hydrogen) atoms. The van der Waals surface area contributed by atoms with Crippen LogP contribution in [0.4, 0.5) is 4.79 Å². The molecule has 1 saturated heterocycles. The van der Waals surface area contributed by atoms with Gasteiger partial charge >= 0.3 is 12.1 Å². The number of nitrogens with zero attached hydrogens (tertiary/aromatic N) is 1. The summed E-state index contributed by atoms with van der Waals surface area (Å²) in [6.07, 6.45) is 0.615. The molecule has 0 saturated carbocycles. The molecule has 2 unspecified atom stereocenters. The molecule has 1 rings (SSSR count). The van der Waals surface area contributed by atoms with Gasteiger partial charge in [0.1, 0.15) is 5.60 Å². The van der Waals surface area contributed by atoms with E-state index in [0.29, 0.717) is 19.4 Å². The SMILES string of the molecule is CC(C)(C)OC(=O)N1CCC(C(=O)O)CC1I. The highest BCUT2D eigenvalue weighted by molar-refractivity contribution is 14.1. The van der Waals surface area contributed by atoms with Crippen molar-refractivity contribution in [1.82, 2.24) is 4.90 Å². The molecule has 0 spiro atoms. The van der Waals surface area contributed by atoms with Gasteiger partial charge in [-0.25, -0.2) is 4.79 Å². The number of rotatable bonds is 1. The molecule has 0 aromatic heterocycles. The van der Waals surface area contributed by atoms with Crippen LogP contribution in [0.25, 0.3) is 0 Å². The number of halogens is 1. The van der Waals surface area contributed by atoms with Crippen LogP contribution in [-0.4, -0.2) is 38.3 Å². The Balaban J connectivity index is 2.58. The molecule has 0 bridgehead atoms. The van der Waals surface area contributed by atoms with E-state index in [1.165, 1.54) is 0 Å². The molecular formula is C11H18INO4. The lowest BCUT2D eigenvalue weighted by atomic mass is 9.97. The number of hydrogen-bond donors (Lipinski definition) is 1. The Bertz CT molecular complexity index is 313. The topological polar surface area (TPSA) is 66.8 Å². The van der Waals surface area contributed by atoms with Gasteiger partial charge in [-0.2, -0.15) is 0 Å². The predicted molar refractivity (Wildman–Crippen MR) is 71.1 cm³/mol. The number of likely N-dealkylation sites (tertiary alicyclic amines) is 1. The van der Waals surface area contributed by atoms with Gasteiger partial charge in [-0.15, -0.1) is 0 Å². The van der Waals surface area contributed by atoms with E-state index in [-0.39, 0.29) is 16.1 Å². The number of aliphatic carboxylic acids is 1. The second kappa shape index (κ2) is 5.41. The molecule has 1 aliphatic heterocycles. The van der Waals surface area contributed by atoms with E-state index in [1.54, 1.807) is 4.90 Å². The van der Waals surface area contributed by atoms with Crippen LogP contribution in [0, 0.1) is 5.92 Å². The third-order valence-electron chi connectivity index (χ3n) is 2.51. The summed E-state index contributed by atoms with van der Waals surface area (Å²) in [5, 5.41) is 8.93. The van der Waals surface area contributed by atoms with Crippen LogP contribution in [0.2, 0.25) is 0 Å². The van der Waals surface area contributed by atoms with Crippen molar-refractivity contribution in [1.29, 1.82) is 0 Å². The highest BCUT2D eigenvalue weighted by Crippen LogP contribution is 2.28. The first-order chi connectivity index (χ1) is 7.70. The third kappa shape index (κ3) is 4.33. The second-order valence-electron chi connectivity index (χ2n) is 5.17. The fourth-order valence-corrected chi connectivity index (χ4v) is 2.79. The molecular weight excluding hydrogens is 337 g/mol. The summed E-state index contributed by atoms with van der Waals surface area (Å²) in [5.41, 5.74) is -0.517. The van der Waals surface area contributed by atoms with Gasteiger partial charge in [0, 0.05) is 6.54 Å². The average molecular weight is 355 g/mol. The third-order valence-corrected chi connectivity index (χ3v) is 3.69. The first kappa shape index (κ1) is 14.5. The maximum absolute atomic E-state index is 11.9. The number of alkyl halides is 1. The van der Waals surface area contributed by atoms with E-state index in [9.17, 15) is 9.59 Å². The van der Waals surface area contributed by atoms with Crippen molar-refractivity contribution >= 4 is 34.7 Å². The molecule has 2 atom stereocenters. The number of carbonyl (C=O) groups is 2. The van der Waals surface area contributed by atoms with Gasteiger partial charge in [0.15, 0.2) is 0 Å². The summed E-state index contributed by atoms with van der Waals surface area (Å²) in [6.45, 7) is 5.89. The summed E-state index contributed by atoms with van der Waals surface area (Å²) in [7, 11) is 0. The van der Waals surface area contributed by atoms with Gasteiger partial charge in [0.2, 0.25) is 0 Å². The Morgan fingerprint density at radius 3 is 2.41 bits per heavy atom. The maximum Gasteiger partial charge on any atom is 0.411 e. The molecule has 1 amide bonds. The summed E-state index contributed by atoms with van der Waals surface area (Å²) >= 11 is 2.10. The zero-order valence-electron chi connectivity index (χ0n) is 10.3. The molecule has 0 radical (unpaired) electrons. The number of hydrogen-bond acceptors (Lipinski definition) is 3. The average Bonchev–Trinajstić information content (AvgIpc) is 2.14. The minimum atomic E-state index is -0.782. The molecule has 98 valence electrons. The van der Waals surface area contributed by atoms with Gasteiger partial charge in [-0.3, -0.25) is 9.69 Å². The van der Waals surface area contributed by atoms with Gasteiger partial charge in [0.25, 0.3) is 0 Å². The molecule has 1 aliphatic rings. The van der Waals surface area contributed by atoms with Crippen molar-refractivity contribution < 1.29 is 19.4 Å². The largest absolute Gasteiger partial charge is 0.481 e. The van der Waals surface area contributed by atoms with E-state index in [1.807, 2.05) is 20.8 Å². The minimum Gasteiger partial charge on any atom is -0.481 e. The lowest BCUT2D eigenvalue weighted by molar-refractivity contribution is -0.143. The Kier molecular flexibility index (Phi) is 4.62. The molecule has 0 aromatic carbocycles. The molecule has 1 heterocycles. The predicted octanol–water partition coefficient (Wildman–Crippen LogP) is 2.48. The van der Waals surface area contributed by atoms with E-state index >= 15 is 0 Å². The lowest BCUT2D eigenvalue weighted by Crippen LogP contribution is -2.46. The zero-order valence-corrected chi connectivity index (χ0v) is 12.4. The van der Waals surface area contributed by atoms with Crippen LogP contribution in [0.15, 0.2) is 0 Å². The fourth-order valence-electron chi connectivity index (χ4n) is 1.67. The first-order valence-corrected chi connectivity index (χ1v) is 6.82. The Morgan fingerprint density at radius 2 is 2.00 bits per heavy atom. The van der Waals surface area contributed by atoms with Crippen molar-refractivity contribution in [2.75, 3.05) is 6.54 Å². The van der Waals surface area contributed by atoms with Crippen LogP contribution in [0.5, 0.6) is 0 Å². The van der Waals surface area contributed by atoms with Gasteiger partial charge < -0.3 is 9.84 Å². The Labute approximate surface area is 115 Å². The first-order valence-electron chi connectivity index (χ1n) is 5.57. The van der Waals surface area contributed by atoms with Crippen molar-refractivity contribution in [3.8, 4) is 0 Å². The smallest absolute Gasteiger partial charge is 0.411 e. The Morgan fingerprint density at radius 1 is 1.41 bits per heavy atom. The number of carboxylic acid groups (broad SMARTS) is 1. The van der Waals surface area contributed by atoms with Crippen LogP contribution < -0.4 is 0 Å². The number of amides is 1. The molecule has 0 aromatic rings. The summed E-state index contributed by atoms with van der Waals surface area (Å²) < 4.78 is 5.16.